The summed E-state index contributed by atoms with van der Waals surface area (Å²) in [4.78, 5) is 29.9. The summed E-state index contributed by atoms with van der Waals surface area (Å²) >= 11 is 0. The summed E-state index contributed by atoms with van der Waals surface area (Å²) in [6.07, 6.45) is 8.68. The van der Waals surface area contributed by atoms with Crippen LogP contribution in [0.25, 0.3) is 0 Å². The van der Waals surface area contributed by atoms with Gasteiger partial charge < -0.3 is 15.1 Å². The summed E-state index contributed by atoms with van der Waals surface area (Å²) in [5.74, 6) is 2.88. The summed E-state index contributed by atoms with van der Waals surface area (Å²) in [6, 6.07) is 10.4. The van der Waals surface area contributed by atoms with E-state index in [1.54, 1.807) is 0 Å². The molecule has 0 radical (unpaired) electrons. The van der Waals surface area contributed by atoms with Gasteiger partial charge in [0, 0.05) is 50.2 Å². The maximum Gasteiger partial charge on any atom is 0.226 e. The van der Waals surface area contributed by atoms with Crippen LogP contribution < -0.4 is 10.2 Å². The Morgan fingerprint density at radius 1 is 0.900 bits per heavy atom. The van der Waals surface area contributed by atoms with Crippen LogP contribution in [0.3, 0.4) is 0 Å². The van der Waals surface area contributed by atoms with Gasteiger partial charge in [0.15, 0.2) is 0 Å². The van der Waals surface area contributed by atoms with Crippen LogP contribution >= 0.6 is 0 Å². The van der Waals surface area contributed by atoms with Crippen molar-refractivity contribution in [1.82, 2.24) is 10.2 Å². The normalized spacial score (nSPS) is 32.3. The van der Waals surface area contributed by atoms with E-state index in [1.165, 1.54) is 24.9 Å². The van der Waals surface area contributed by atoms with Gasteiger partial charge in [0.2, 0.25) is 11.8 Å². The molecule has 1 aromatic carbocycles. The smallest absolute Gasteiger partial charge is 0.226 e. The highest BCUT2D eigenvalue weighted by Crippen LogP contribution is 2.60. The number of amides is 2. The van der Waals surface area contributed by atoms with Crippen molar-refractivity contribution in [2.24, 2.45) is 23.2 Å². The average Bonchev–Trinajstić information content (AvgIpc) is 2.76. The van der Waals surface area contributed by atoms with Crippen molar-refractivity contribution >= 4 is 17.5 Å². The van der Waals surface area contributed by atoms with E-state index in [2.05, 4.69) is 34.5 Å². The highest BCUT2D eigenvalue weighted by Gasteiger charge is 2.54. The molecule has 4 aliphatic carbocycles. The monoisotopic (exact) mass is 409 g/mol. The molecule has 5 aliphatic rings. The summed E-state index contributed by atoms with van der Waals surface area (Å²) in [7, 11) is 0. The van der Waals surface area contributed by atoms with E-state index in [1.807, 2.05) is 11.0 Å². The number of piperazine rings is 1. The molecule has 1 heterocycles. The number of nitrogens with one attached hydrogen (secondary N) is 1. The minimum Gasteiger partial charge on any atom is -0.368 e. The zero-order valence-corrected chi connectivity index (χ0v) is 18.0. The second kappa shape index (κ2) is 8.24. The molecule has 4 saturated carbocycles. The predicted octanol–water partition coefficient (Wildman–Crippen LogP) is 3.45. The fourth-order valence-electron chi connectivity index (χ4n) is 7.03. The van der Waals surface area contributed by atoms with Gasteiger partial charge in [-0.1, -0.05) is 18.2 Å². The van der Waals surface area contributed by atoms with Crippen molar-refractivity contribution < 1.29 is 9.59 Å². The first-order valence-electron chi connectivity index (χ1n) is 12.0. The minimum atomic E-state index is -0.0769. The first-order valence-corrected chi connectivity index (χ1v) is 12.0. The van der Waals surface area contributed by atoms with Crippen LogP contribution in [0.5, 0.6) is 0 Å². The summed E-state index contributed by atoms with van der Waals surface area (Å²) in [5.41, 5.74) is 1.16. The Morgan fingerprint density at radius 3 is 2.10 bits per heavy atom. The van der Waals surface area contributed by atoms with Crippen molar-refractivity contribution in [3.05, 3.63) is 30.3 Å². The largest absolute Gasteiger partial charge is 0.368 e. The Kier molecular flexibility index (Phi) is 5.46. The second-order valence-electron chi connectivity index (χ2n) is 10.3. The maximum atomic E-state index is 13.0. The Labute approximate surface area is 180 Å². The Balaban J connectivity index is 1.03. The van der Waals surface area contributed by atoms with Gasteiger partial charge in [-0.3, -0.25) is 9.59 Å². The number of benzene rings is 1. The number of hydrogen-bond donors (Lipinski definition) is 1. The van der Waals surface area contributed by atoms with Crippen molar-refractivity contribution in [3.63, 3.8) is 0 Å². The molecule has 30 heavy (non-hydrogen) atoms. The summed E-state index contributed by atoms with van der Waals surface area (Å²) in [5, 5.41) is 3.21. The van der Waals surface area contributed by atoms with Crippen LogP contribution in [0.4, 0.5) is 5.69 Å². The lowest BCUT2D eigenvalue weighted by Gasteiger charge is -2.55. The van der Waals surface area contributed by atoms with E-state index in [9.17, 15) is 9.59 Å². The summed E-state index contributed by atoms with van der Waals surface area (Å²) in [6.45, 7) is 3.98. The van der Waals surface area contributed by atoms with Crippen molar-refractivity contribution in [3.8, 4) is 0 Å². The number of para-hydroxylation sites is 1. The van der Waals surface area contributed by atoms with Gasteiger partial charge >= 0.3 is 0 Å². The predicted molar refractivity (Wildman–Crippen MR) is 118 cm³/mol. The quantitative estimate of drug-likeness (QED) is 0.732. The average molecular weight is 410 g/mol. The van der Waals surface area contributed by atoms with Crippen molar-refractivity contribution in [2.45, 2.75) is 51.4 Å². The molecule has 1 aromatic rings. The number of nitrogens with zero attached hydrogens (tertiary/aromatic N) is 2. The van der Waals surface area contributed by atoms with E-state index in [4.69, 9.17) is 0 Å². The van der Waals surface area contributed by atoms with E-state index in [0.717, 1.165) is 69.6 Å². The Hall–Kier alpha value is -2.04. The number of carbonyl (C=O) groups excluding carboxylic acids is 2. The van der Waals surface area contributed by atoms with Gasteiger partial charge in [0.1, 0.15) is 0 Å². The lowest BCUT2D eigenvalue weighted by atomic mass is 9.49. The van der Waals surface area contributed by atoms with Crippen LogP contribution in [0.1, 0.15) is 51.4 Å². The van der Waals surface area contributed by atoms with Gasteiger partial charge in [0.05, 0.1) is 0 Å². The Morgan fingerprint density at radius 2 is 1.50 bits per heavy atom. The lowest BCUT2D eigenvalue weighted by molar-refractivity contribution is -0.146. The maximum absolute atomic E-state index is 13.0. The lowest BCUT2D eigenvalue weighted by Crippen LogP contribution is -2.53. The van der Waals surface area contributed by atoms with E-state index < -0.39 is 0 Å². The van der Waals surface area contributed by atoms with Gasteiger partial charge in [-0.05, 0) is 74.8 Å². The molecule has 1 aliphatic heterocycles. The molecule has 6 rings (SSSR count). The molecule has 162 valence electrons. The molecule has 4 bridgehead atoms. The third-order valence-electron chi connectivity index (χ3n) is 8.13. The third-order valence-corrected chi connectivity index (χ3v) is 8.13. The van der Waals surface area contributed by atoms with Gasteiger partial charge in [-0.25, -0.2) is 0 Å². The summed E-state index contributed by atoms with van der Waals surface area (Å²) < 4.78 is 0. The fraction of sp³-hybridized carbons (Fsp3) is 0.680. The third kappa shape index (κ3) is 3.95. The van der Waals surface area contributed by atoms with Crippen LogP contribution in [-0.4, -0.2) is 49.4 Å². The molecule has 5 nitrogen and oxygen atoms in total. The molecular formula is C25H35N3O2. The molecule has 1 N–H and O–H groups in total. The van der Waals surface area contributed by atoms with E-state index in [-0.39, 0.29) is 17.2 Å². The molecule has 5 heteroatoms. The van der Waals surface area contributed by atoms with Crippen molar-refractivity contribution in [1.29, 1.82) is 0 Å². The molecule has 1 saturated heterocycles. The molecule has 0 spiro atoms. The van der Waals surface area contributed by atoms with Crippen LogP contribution in [-0.2, 0) is 9.59 Å². The van der Waals surface area contributed by atoms with Crippen LogP contribution in [0.2, 0.25) is 0 Å². The SMILES string of the molecule is O=C(CCCNC(=O)C12CC3CC(CC(C3)C1)C2)N1CCN(c2ccccc2)CC1. The molecule has 2 amide bonds. The van der Waals surface area contributed by atoms with Crippen molar-refractivity contribution in [2.75, 3.05) is 37.6 Å². The first-order chi connectivity index (χ1) is 14.6. The zero-order chi connectivity index (χ0) is 20.6. The van der Waals surface area contributed by atoms with E-state index in [0.29, 0.717) is 13.0 Å². The molecule has 0 aromatic heterocycles. The minimum absolute atomic E-state index is 0.0769. The fourth-order valence-corrected chi connectivity index (χ4v) is 7.03. The zero-order valence-electron chi connectivity index (χ0n) is 18.0. The number of carbonyl (C=O) groups is 2. The number of rotatable bonds is 6. The molecule has 0 atom stereocenters. The van der Waals surface area contributed by atoms with E-state index >= 15 is 0 Å². The highest BCUT2D eigenvalue weighted by atomic mass is 16.2. The highest BCUT2D eigenvalue weighted by molar-refractivity contribution is 5.83. The second-order valence-corrected chi connectivity index (χ2v) is 10.3. The topological polar surface area (TPSA) is 52.7 Å². The van der Waals surface area contributed by atoms with Crippen LogP contribution in [0, 0.1) is 23.2 Å². The first kappa shape index (κ1) is 19.9. The Bertz CT molecular complexity index is 735. The van der Waals surface area contributed by atoms with Gasteiger partial charge in [-0.2, -0.15) is 0 Å². The van der Waals surface area contributed by atoms with Crippen LogP contribution in [0.15, 0.2) is 30.3 Å². The number of anilines is 1. The molecular weight excluding hydrogens is 374 g/mol. The number of hydrogen-bond acceptors (Lipinski definition) is 3. The van der Waals surface area contributed by atoms with Gasteiger partial charge in [0.25, 0.3) is 0 Å². The van der Waals surface area contributed by atoms with Gasteiger partial charge in [-0.15, -0.1) is 0 Å². The molecule has 5 fully saturated rings. The molecule has 0 unspecified atom stereocenters. The standard InChI is InChI=1S/C25H35N3O2/c29-23(28-11-9-27(10-12-28)22-5-2-1-3-6-22)7-4-8-26-24(30)25-16-19-13-20(17-25)15-21(14-19)18-25/h1-3,5-6,19-21H,4,7-18H2,(H,26,30).